The summed E-state index contributed by atoms with van der Waals surface area (Å²) in [5.74, 6) is 1.27. The highest BCUT2D eigenvalue weighted by Gasteiger charge is 2.44. The predicted molar refractivity (Wildman–Crippen MR) is 104 cm³/mol. The van der Waals surface area contributed by atoms with Crippen molar-refractivity contribution in [2.24, 2.45) is 11.8 Å². The van der Waals surface area contributed by atoms with Crippen LogP contribution in [0.5, 0.6) is 0 Å². The summed E-state index contributed by atoms with van der Waals surface area (Å²) in [6.45, 7) is 2.35. The van der Waals surface area contributed by atoms with Crippen LogP contribution in [0.25, 0.3) is 10.1 Å². The highest BCUT2D eigenvalue weighted by Crippen LogP contribution is 2.39. The fraction of sp³-hybridized carbons (Fsp3) is 0.500. The number of amides is 2. The average Bonchev–Trinajstić information content (AvgIpc) is 3.08. The van der Waals surface area contributed by atoms with Gasteiger partial charge in [0.25, 0.3) is 5.91 Å². The molecule has 0 spiro atoms. The van der Waals surface area contributed by atoms with E-state index in [-0.39, 0.29) is 5.91 Å². The molecule has 1 aromatic carbocycles. The number of hydrogen-bond donors (Lipinski definition) is 0. The lowest BCUT2D eigenvalue weighted by Crippen LogP contribution is -2.61. The van der Waals surface area contributed by atoms with Gasteiger partial charge in [0.2, 0.25) is 5.91 Å². The molecule has 1 aromatic heterocycles. The molecular weight excluding hydrogens is 368 g/mol. The van der Waals surface area contributed by atoms with Crippen LogP contribution in [0.1, 0.15) is 35.4 Å². The lowest BCUT2D eigenvalue weighted by atomic mass is 9.76. The molecule has 0 radical (unpaired) electrons. The van der Waals surface area contributed by atoms with E-state index in [1.165, 1.54) is 11.3 Å². The summed E-state index contributed by atoms with van der Waals surface area (Å²) in [7, 11) is 0. The molecule has 3 fully saturated rings. The number of carbonyl (C=O) groups excluding carboxylic acids is 2. The maximum absolute atomic E-state index is 13.1. The second kappa shape index (κ2) is 6.24. The molecule has 4 heterocycles. The fourth-order valence-electron chi connectivity index (χ4n) is 5.06. The highest BCUT2D eigenvalue weighted by atomic mass is 35.5. The number of likely N-dealkylation sites (tertiary alicyclic amines) is 1. The molecule has 3 saturated heterocycles. The van der Waals surface area contributed by atoms with Crippen LogP contribution in [0.3, 0.4) is 0 Å². The summed E-state index contributed by atoms with van der Waals surface area (Å²) in [5, 5.41) is 1.74. The summed E-state index contributed by atoms with van der Waals surface area (Å²) >= 11 is 7.77. The zero-order valence-corrected chi connectivity index (χ0v) is 16.1. The van der Waals surface area contributed by atoms with Crippen molar-refractivity contribution < 1.29 is 9.59 Å². The van der Waals surface area contributed by atoms with Gasteiger partial charge in [0.15, 0.2) is 0 Å². The van der Waals surface area contributed by atoms with Crippen molar-refractivity contribution in [1.29, 1.82) is 0 Å². The molecule has 26 heavy (non-hydrogen) atoms. The number of halogens is 1. The molecule has 5 rings (SSSR count). The van der Waals surface area contributed by atoms with Crippen molar-refractivity contribution in [2.45, 2.75) is 31.7 Å². The molecule has 0 aliphatic carbocycles. The Balaban J connectivity index is 1.40. The van der Waals surface area contributed by atoms with Gasteiger partial charge in [-0.2, -0.15) is 0 Å². The van der Waals surface area contributed by atoms with Crippen LogP contribution in [-0.2, 0) is 4.79 Å². The van der Waals surface area contributed by atoms with Crippen LogP contribution in [0.2, 0.25) is 5.02 Å². The van der Waals surface area contributed by atoms with Crippen LogP contribution in [0.15, 0.2) is 24.3 Å². The summed E-state index contributed by atoms with van der Waals surface area (Å²) in [6.07, 6.45) is 3.92. The fourth-order valence-corrected chi connectivity index (χ4v) is 6.39. The Bertz CT molecular complexity index is 895. The van der Waals surface area contributed by atoms with E-state index in [4.69, 9.17) is 11.6 Å². The van der Waals surface area contributed by atoms with Crippen LogP contribution in [0.4, 0.5) is 0 Å². The smallest absolute Gasteiger partial charge is 0.263 e. The number of rotatable bonds is 1. The van der Waals surface area contributed by atoms with E-state index in [9.17, 15) is 9.59 Å². The average molecular weight is 389 g/mol. The Kier molecular flexibility index (Phi) is 3.98. The first-order chi connectivity index (χ1) is 12.6. The van der Waals surface area contributed by atoms with Crippen molar-refractivity contribution in [1.82, 2.24) is 9.80 Å². The van der Waals surface area contributed by atoms with Gasteiger partial charge >= 0.3 is 0 Å². The third kappa shape index (κ3) is 2.64. The van der Waals surface area contributed by atoms with Gasteiger partial charge in [-0.1, -0.05) is 23.7 Å². The molecule has 6 heteroatoms. The van der Waals surface area contributed by atoms with E-state index in [0.717, 1.165) is 53.9 Å². The number of piperidine rings is 3. The molecule has 3 unspecified atom stereocenters. The Hall–Kier alpha value is -1.59. The van der Waals surface area contributed by atoms with Crippen molar-refractivity contribution in [3.05, 3.63) is 34.2 Å². The lowest BCUT2D eigenvalue weighted by molar-refractivity contribution is -0.144. The topological polar surface area (TPSA) is 40.6 Å². The first-order valence-electron chi connectivity index (χ1n) is 9.37. The Labute approximate surface area is 161 Å². The SMILES string of the molecule is O=C(c1cc2cccc(Cl)c2s1)N1CC2CC(C1)C1CCCC(=O)N1C2. The quantitative estimate of drug-likeness (QED) is 0.740. The van der Waals surface area contributed by atoms with E-state index in [1.54, 1.807) is 0 Å². The van der Waals surface area contributed by atoms with E-state index in [0.29, 0.717) is 35.2 Å². The number of thiophene rings is 1. The zero-order chi connectivity index (χ0) is 17.8. The van der Waals surface area contributed by atoms with Crippen LogP contribution >= 0.6 is 22.9 Å². The largest absolute Gasteiger partial charge is 0.339 e. The van der Waals surface area contributed by atoms with Gasteiger partial charge in [-0.15, -0.1) is 11.3 Å². The number of benzene rings is 1. The van der Waals surface area contributed by atoms with Gasteiger partial charge in [-0.05, 0) is 48.6 Å². The second-order valence-electron chi connectivity index (χ2n) is 7.85. The van der Waals surface area contributed by atoms with E-state index < -0.39 is 0 Å². The van der Waals surface area contributed by atoms with E-state index in [2.05, 4.69) is 4.90 Å². The molecule has 4 nitrogen and oxygen atoms in total. The lowest BCUT2D eigenvalue weighted by Gasteiger charge is -2.52. The molecular formula is C20H21ClN2O2S. The molecule has 3 aliphatic heterocycles. The molecule has 0 saturated carbocycles. The van der Waals surface area contributed by atoms with Crippen molar-refractivity contribution in [3.63, 3.8) is 0 Å². The van der Waals surface area contributed by atoms with Crippen molar-refractivity contribution in [3.8, 4) is 0 Å². The molecule has 136 valence electrons. The van der Waals surface area contributed by atoms with Gasteiger partial charge < -0.3 is 9.80 Å². The Morgan fingerprint density at radius 1 is 1.23 bits per heavy atom. The minimum Gasteiger partial charge on any atom is -0.339 e. The van der Waals surface area contributed by atoms with E-state index >= 15 is 0 Å². The third-order valence-corrected chi connectivity index (χ3v) is 7.77. The summed E-state index contributed by atoms with van der Waals surface area (Å²) in [4.78, 5) is 30.3. The molecule has 2 aromatic rings. The summed E-state index contributed by atoms with van der Waals surface area (Å²) < 4.78 is 0.985. The monoisotopic (exact) mass is 388 g/mol. The third-order valence-electron chi connectivity index (χ3n) is 6.17. The van der Waals surface area contributed by atoms with E-state index in [1.807, 2.05) is 29.2 Å². The molecule has 2 bridgehead atoms. The normalized spacial score (nSPS) is 28.3. The Morgan fingerprint density at radius 3 is 2.96 bits per heavy atom. The molecule has 3 aliphatic rings. The van der Waals surface area contributed by atoms with Crippen molar-refractivity contribution >= 4 is 44.8 Å². The maximum Gasteiger partial charge on any atom is 0.263 e. The van der Waals surface area contributed by atoms with Gasteiger partial charge in [-0.3, -0.25) is 9.59 Å². The second-order valence-corrected chi connectivity index (χ2v) is 9.31. The molecule has 0 N–H and O–H groups in total. The first-order valence-corrected chi connectivity index (χ1v) is 10.6. The van der Waals surface area contributed by atoms with Crippen LogP contribution in [-0.4, -0.2) is 47.3 Å². The Morgan fingerprint density at radius 2 is 2.12 bits per heavy atom. The summed E-state index contributed by atoms with van der Waals surface area (Å²) in [5.41, 5.74) is 0. The standard InChI is InChI=1S/C20H21ClN2O2S/c21-15-4-1-3-13-8-17(26-19(13)15)20(25)22-9-12-7-14(11-22)16-5-2-6-18(24)23(16)10-12/h1,3-4,8,12,14,16H,2,5-7,9-11H2. The zero-order valence-electron chi connectivity index (χ0n) is 14.5. The number of nitrogens with zero attached hydrogens (tertiary/aromatic N) is 2. The van der Waals surface area contributed by atoms with Crippen LogP contribution < -0.4 is 0 Å². The van der Waals surface area contributed by atoms with Gasteiger partial charge in [0.1, 0.15) is 0 Å². The van der Waals surface area contributed by atoms with Crippen molar-refractivity contribution in [2.75, 3.05) is 19.6 Å². The number of hydrogen-bond acceptors (Lipinski definition) is 3. The summed E-state index contributed by atoms with van der Waals surface area (Å²) in [6, 6.07) is 8.10. The molecule has 2 amide bonds. The minimum absolute atomic E-state index is 0.118. The first kappa shape index (κ1) is 16.6. The van der Waals surface area contributed by atoms with Gasteiger partial charge in [-0.25, -0.2) is 0 Å². The minimum atomic E-state index is 0.118. The van der Waals surface area contributed by atoms with Gasteiger partial charge in [0.05, 0.1) is 14.6 Å². The van der Waals surface area contributed by atoms with Gasteiger partial charge in [0, 0.05) is 32.1 Å². The predicted octanol–water partition coefficient (Wildman–Crippen LogP) is 4.03. The van der Waals surface area contributed by atoms with Crippen LogP contribution in [0, 0.1) is 11.8 Å². The maximum atomic E-state index is 13.1. The number of fused-ring (bicyclic) bond motifs is 5. The molecule has 3 atom stereocenters. The highest BCUT2D eigenvalue weighted by molar-refractivity contribution is 7.21. The number of carbonyl (C=O) groups is 2.